The van der Waals surface area contributed by atoms with Crippen LogP contribution in [0.3, 0.4) is 0 Å². The monoisotopic (exact) mass is 348 g/mol. The van der Waals surface area contributed by atoms with Gasteiger partial charge in [0.15, 0.2) is 0 Å². The fraction of sp³-hybridized carbons (Fsp3) is 0.579. The fourth-order valence-electron chi connectivity index (χ4n) is 3.41. The van der Waals surface area contributed by atoms with Crippen LogP contribution in [-0.2, 0) is 9.47 Å². The van der Waals surface area contributed by atoms with Gasteiger partial charge in [0.05, 0.1) is 25.3 Å². The summed E-state index contributed by atoms with van der Waals surface area (Å²) >= 11 is 0. The lowest BCUT2D eigenvalue weighted by Gasteiger charge is -2.46. The minimum absolute atomic E-state index is 0.0687. The molecule has 1 aromatic rings. The lowest BCUT2D eigenvalue weighted by atomic mass is 9.94. The summed E-state index contributed by atoms with van der Waals surface area (Å²) in [7, 11) is 0. The van der Waals surface area contributed by atoms with Crippen molar-refractivity contribution in [2.45, 2.75) is 57.7 Å². The van der Waals surface area contributed by atoms with Gasteiger partial charge in [-0.05, 0) is 51.3 Å². The van der Waals surface area contributed by atoms with E-state index < -0.39 is 11.7 Å². The smallest absolute Gasteiger partial charge is 0.435 e. The molecule has 2 aliphatic rings. The number of amidine groups is 1. The molecule has 0 saturated carbocycles. The summed E-state index contributed by atoms with van der Waals surface area (Å²) in [4.78, 5) is 18.6. The van der Waals surface area contributed by atoms with Crippen molar-refractivity contribution >= 4 is 11.9 Å². The van der Waals surface area contributed by atoms with E-state index in [0.29, 0.717) is 13.2 Å². The van der Waals surface area contributed by atoms with Crippen LogP contribution in [0.2, 0.25) is 0 Å². The second-order valence-electron chi connectivity index (χ2n) is 7.57. The maximum absolute atomic E-state index is 13.3. The average molecular weight is 348 g/mol. The van der Waals surface area contributed by atoms with Gasteiger partial charge in [0.25, 0.3) is 0 Å². The molecule has 1 amide bonds. The summed E-state index contributed by atoms with van der Waals surface area (Å²) in [6, 6.07) is 6.55. The van der Waals surface area contributed by atoms with Crippen molar-refractivity contribution in [2.75, 3.05) is 13.2 Å². The summed E-state index contributed by atoms with van der Waals surface area (Å²) in [5, 5.41) is 0. The standard InChI is InChI=1S/C19H25FN2O3/c1-19(2,3)25-18(23)21-17-6-4-5-15-11-24-12-16(22(15)17)13-7-9-14(20)10-8-13/h7-10,15-16H,4-6,11-12H2,1-3H3. The van der Waals surface area contributed by atoms with E-state index >= 15 is 0 Å². The van der Waals surface area contributed by atoms with Crippen molar-refractivity contribution in [3.8, 4) is 0 Å². The molecule has 3 rings (SSSR count). The molecule has 2 heterocycles. The number of morpholine rings is 1. The molecular weight excluding hydrogens is 323 g/mol. The Labute approximate surface area is 147 Å². The number of carbonyl (C=O) groups is 1. The topological polar surface area (TPSA) is 51.1 Å². The highest BCUT2D eigenvalue weighted by molar-refractivity contribution is 5.92. The fourth-order valence-corrected chi connectivity index (χ4v) is 3.41. The van der Waals surface area contributed by atoms with Gasteiger partial charge in [-0.25, -0.2) is 9.18 Å². The van der Waals surface area contributed by atoms with Crippen molar-refractivity contribution in [1.82, 2.24) is 4.90 Å². The number of carbonyl (C=O) groups excluding carboxylic acids is 1. The molecular formula is C19H25FN2O3. The maximum Gasteiger partial charge on any atom is 0.435 e. The number of fused-ring (bicyclic) bond motifs is 1. The zero-order valence-corrected chi connectivity index (χ0v) is 15.0. The second kappa shape index (κ2) is 7.12. The molecule has 0 N–H and O–H groups in total. The van der Waals surface area contributed by atoms with Gasteiger partial charge in [-0.1, -0.05) is 12.1 Å². The number of nitrogens with zero attached hydrogens (tertiary/aromatic N) is 2. The maximum atomic E-state index is 13.3. The molecule has 0 aliphatic carbocycles. The predicted octanol–water partition coefficient (Wildman–Crippen LogP) is 4.09. The summed E-state index contributed by atoms with van der Waals surface area (Å²) in [5.41, 5.74) is 0.390. The molecule has 1 aromatic carbocycles. The molecule has 5 nitrogen and oxygen atoms in total. The van der Waals surface area contributed by atoms with Crippen LogP contribution < -0.4 is 0 Å². The van der Waals surface area contributed by atoms with Crippen LogP contribution in [0.1, 0.15) is 51.6 Å². The summed E-state index contributed by atoms with van der Waals surface area (Å²) in [6.07, 6.45) is 2.12. The third-order valence-electron chi connectivity index (χ3n) is 4.42. The minimum Gasteiger partial charge on any atom is -0.442 e. The Bertz CT molecular complexity index is 650. The van der Waals surface area contributed by atoms with Gasteiger partial charge in [-0.2, -0.15) is 4.99 Å². The van der Waals surface area contributed by atoms with Crippen LogP contribution in [0, 0.1) is 5.82 Å². The van der Waals surface area contributed by atoms with E-state index in [-0.39, 0.29) is 17.9 Å². The van der Waals surface area contributed by atoms with Crippen molar-refractivity contribution in [1.29, 1.82) is 0 Å². The van der Waals surface area contributed by atoms with E-state index in [1.165, 1.54) is 12.1 Å². The summed E-state index contributed by atoms with van der Waals surface area (Å²) < 4.78 is 24.4. The number of aliphatic imine (C=N–C) groups is 1. The highest BCUT2D eigenvalue weighted by Crippen LogP contribution is 2.34. The van der Waals surface area contributed by atoms with Crippen molar-refractivity contribution in [3.05, 3.63) is 35.6 Å². The predicted molar refractivity (Wildman–Crippen MR) is 93.1 cm³/mol. The number of hydrogen-bond donors (Lipinski definition) is 0. The molecule has 136 valence electrons. The summed E-state index contributed by atoms with van der Waals surface area (Å²) in [5.74, 6) is 0.474. The molecule has 6 heteroatoms. The van der Waals surface area contributed by atoms with E-state index in [0.717, 1.165) is 30.7 Å². The van der Waals surface area contributed by atoms with Crippen molar-refractivity contribution in [3.63, 3.8) is 0 Å². The third kappa shape index (κ3) is 4.37. The Morgan fingerprint density at radius 3 is 2.68 bits per heavy atom. The molecule has 2 saturated heterocycles. The SMILES string of the molecule is CC(C)(C)OC(=O)N=C1CCCC2COCC(c3ccc(F)cc3)N12. The van der Waals surface area contributed by atoms with Crippen LogP contribution in [0.4, 0.5) is 9.18 Å². The van der Waals surface area contributed by atoms with E-state index in [1.807, 2.05) is 20.8 Å². The quantitative estimate of drug-likeness (QED) is 0.767. The van der Waals surface area contributed by atoms with Crippen LogP contribution in [0.15, 0.2) is 29.3 Å². The number of piperidine rings is 1. The van der Waals surface area contributed by atoms with E-state index in [1.54, 1.807) is 12.1 Å². The number of ether oxygens (including phenoxy) is 2. The highest BCUT2D eigenvalue weighted by atomic mass is 19.1. The first-order chi connectivity index (χ1) is 11.8. The Hall–Kier alpha value is -1.95. The first kappa shape index (κ1) is 17.9. The lowest BCUT2D eigenvalue weighted by molar-refractivity contribution is -0.0240. The van der Waals surface area contributed by atoms with Gasteiger partial charge in [0, 0.05) is 6.42 Å². The third-order valence-corrected chi connectivity index (χ3v) is 4.42. The minimum atomic E-state index is -0.573. The van der Waals surface area contributed by atoms with Crippen LogP contribution in [0.25, 0.3) is 0 Å². The number of hydrogen-bond acceptors (Lipinski definition) is 3. The first-order valence-electron chi connectivity index (χ1n) is 8.75. The number of benzene rings is 1. The Balaban J connectivity index is 1.87. The number of amides is 1. The van der Waals surface area contributed by atoms with E-state index in [2.05, 4.69) is 9.89 Å². The zero-order chi connectivity index (χ0) is 18.0. The molecule has 0 bridgehead atoms. The second-order valence-corrected chi connectivity index (χ2v) is 7.57. The van der Waals surface area contributed by atoms with Gasteiger partial charge >= 0.3 is 6.09 Å². The molecule has 2 fully saturated rings. The average Bonchev–Trinajstić information content (AvgIpc) is 2.53. The molecule has 0 spiro atoms. The van der Waals surface area contributed by atoms with Gasteiger partial charge < -0.3 is 14.4 Å². The van der Waals surface area contributed by atoms with Crippen molar-refractivity contribution in [2.24, 2.45) is 4.99 Å². The normalized spacial score (nSPS) is 25.6. The molecule has 0 aromatic heterocycles. The van der Waals surface area contributed by atoms with Gasteiger partial charge in [-0.15, -0.1) is 0 Å². The molecule has 2 atom stereocenters. The lowest BCUT2D eigenvalue weighted by Crippen LogP contribution is -2.53. The van der Waals surface area contributed by atoms with Gasteiger partial charge in [0.2, 0.25) is 0 Å². The van der Waals surface area contributed by atoms with Crippen LogP contribution in [-0.4, -0.2) is 41.7 Å². The highest BCUT2D eigenvalue weighted by Gasteiger charge is 2.37. The van der Waals surface area contributed by atoms with Crippen LogP contribution >= 0.6 is 0 Å². The van der Waals surface area contributed by atoms with Crippen molar-refractivity contribution < 1.29 is 18.7 Å². The molecule has 25 heavy (non-hydrogen) atoms. The molecule has 2 unspecified atom stereocenters. The largest absolute Gasteiger partial charge is 0.442 e. The van der Waals surface area contributed by atoms with E-state index in [9.17, 15) is 9.18 Å². The van der Waals surface area contributed by atoms with Gasteiger partial charge in [0.1, 0.15) is 17.3 Å². The first-order valence-corrected chi connectivity index (χ1v) is 8.75. The Morgan fingerprint density at radius 1 is 1.28 bits per heavy atom. The number of rotatable bonds is 1. The zero-order valence-electron chi connectivity index (χ0n) is 15.0. The molecule has 2 aliphatic heterocycles. The van der Waals surface area contributed by atoms with E-state index in [4.69, 9.17) is 9.47 Å². The molecule has 0 radical (unpaired) electrons. The Kier molecular flexibility index (Phi) is 5.08. The number of halogens is 1. The van der Waals surface area contributed by atoms with Gasteiger partial charge in [-0.3, -0.25) is 0 Å². The summed E-state index contributed by atoms with van der Waals surface area (Å²) in [6.45, 7) is 6.58. The Morgan fingerprint density at radius 2 is 2.00 bits per heavy atom. The van der Waals surface area contributed by atoms with Crippen LogP contribution in [0.5, 0.6) is 0 Å².